The van der Waals surface area contributed by atoms with Gasteiger partial charge in [0.15, 0.2) is 0 Å². The van der Waals surface area contributed by atoms with Crippen LogP contribution in [0.25, 0.3) is 0 Å². The molecule has 1 amide bonds. The summed E-state index contributed by atoms with van der Waals surface area (Å²) in [7, 11) is 0. The van der Waals surface area contributed by atoms with Gasteiger partial charge in [0.2, 0.25) is 5.95 Å². The number of para-hydroxylation sites is 2. The normalized spacial score (nSPS) is 12.9. The first-order valence-electron chi connectivity index (χ1n) is 9.22. The van der Waals surface area contributed by atoms with Crippen LogP contribution in [0.4, 0.5) is 17.3 Å². The molecule has 136 valence electrons. The Labute approximate surface area is 159 Å². The van der Waals surface area contributed by atoms with E-state index in [9.17, 15) is 4.79 Å². The summed E-state index contributed by atoms with van der Waals surface area (Å²) in [6.07, 6.45) is 2.60. The molecule has 0 saturated heterocycles. The quantitative estimate of drug-likeness (QED) is 0.743. The van der Waals surface area contributed by atoms with Crippen LogP contribution < -0.4 is 10.2 Å². The average Bonchev–Trinajstić information content (AvgIpc) is 3.12. The van der Waals surface area contributed by atoms with Crippen molar-refractivity contribution in [3.05, 3.63) is 77.6 Å². The summed E-state index contributed by atoms with van der Waals surface area (Å²) in [5, 5.41) is 3.00. The summed E-state index contributed by atoms with van der Waals surface area (Å²) < 4.78 is 0. The molecule has 0 spiro atoms. The number of hydrogen-bond donors (Lipinski definition) is 1. The molecule has 0 radical (unpaired) electrons. The van der Waals surface area contributed by atoms with E-state index in [0.717, 1.165) is 29.9 Å². The fraction of sp³-hybridized carbons (Fsp3) is 0.227. The van der Waals surface area contributed by atoms with E-state index in [1.165, 1.54) is 5.56 Å². The zero-order valence-corrected chi connectivity index (χ0v) is 15.5. The molecule has 2 heterocycles. The van der Waals surface area contributed by atoms with E-state index in [-0.39, 0.29) is 5.91 Å². The van der Waals surface area contributed by atoms with Crippen LogP contribution in [0, 0.1) is 0 Å². The minimum absolute atomic E-state index is 0.223. The number of carbonyl (C=O) groups is 1. The highest BCUT2D eigenvalue weighted by Crippen LogP contribution is 2.32. The number of hydrogen-bond acceptors (Lipinski definition) is 4. The molecule has 3 aromatic rings. The number of carbonyl (C=O) groups excluding carboxylic acids is 1. The van der Waals surface area contributed by atoms with E-state index in [1.807, 2.05) is 36.4 Å². The van der Waals surface area contributed by atoms with Gasteiger partial charge < -0.3 is 10.2 Å². The van der Waals surface area contributed by atoms with Gasteiger partial charge in [0, 0.05) is 24.1 Å². The Balaban J connectivity index is 1.59. The molecule has 1 aromatic heterocycles. The molecule has 0 aliphatic carbocycles. The maximum atomic E-state index is 12.8. The largest absolute Gasteiger partial charge is 0.320 e. The SMILES string of the molecule is CC(C)c1ccccc1NC(=O)c1ccnc(N2CCc3ccccc32)n1. The standard InChI is InChI=1S/C22H22N4O/c1-15(2)17-8-4-5-9-18(17)24-21(27)19-11-13-23-22(25-19)26-14-12-16-7-3-6-10-20(16)26/h3-11,13,15H,12,14H2,1-2H3,(H,24,27). The van der Waals surface area contributed by atoms with Crippen LogP contribution in [0.1, 0.15) is 41.4 Å². The van der Waals surface area contributed by atoms with Gasteiger partial charge in [0.05, 0.1) is 0 Å². The summed E-state index contributed by atoms with van der Waals surface area (Å²) in [6, 6.07) is 17.8. The summed E-state index contributed by atoms with van der Waals surface area (Å²) in [4.78, 5) is 23.8. The molecule has 0 unspecified atom stereocenters. The van der Waals surface area contributed by atoms with Crippen molar-refractivity contribution in [2.75, 3.05) is 16.8 Å². The Hall–Kier alpha value is -3.21. The molecular weight excluding hydrogens is 336 g/mol. The van der Waals surface area contributed by atoms with Crippen molar-refractivity contribution in [3.8, 4) is 0 Å². The van der Waals surface area contributed by atoms with Crippen molar-refractivity contribution < 1.29 is 4.79 Å². The molecule has 1 aliphatic heterocycles. The van der Waals surface area contributed by atoms with Crippen molar-refractivity contribution in [2.45, 2.75) is 26.2 Å². The van der Waals surface area contributed by atoms with Gasteiger partial charge in [-0.25, -0.2) is 9.97 Å². The van der Waals surface area contributed by atoms with Crippen molar-refractivity contribution >= 4 is 23.2 Å². The van der Waals surface area contributed by atoms with Crippen molar-refractivity contribution in [2.24, 2.45) is 0 Å². The number of nitrogens with one attached hydrogen (secondary N) is 1. The second-order valence-electron chi connectivity index (χ2n) is 6.97. The third-order valence-electron chi connectivity index (χ3n) is 4.84. The average molecular weight is 358 g/mol. The lowest BCUT2D eigenvalue weighted by Crippen LogP contribution is -2.20. The van der Waals surface area contributed by atoms with Gasteiger partial charge in [0.1, 0.15) is 5.69 Å². The summed E-state index contributed by atoms with van der Waals surface area (Å²) in [6.45, 7) is 5.04. The number of amides is 1. The molecular formula is C22H22N4O. The van der Waals surface area contributed by atoms with Crippen LogP contribution in [0.2, 0.25) is 0 Å². The van der Waals surface area contributed by atoms with Crippen LogP contribution in [0.5, 0.6) is 0 Å². The lowest BCUT2D eigenvalue weighted by molar-refractivity contribution is 0.102. The van der Waals surface area contributed by atoms with Crippen LogP contribution in [-0.2, 0) is 6.42 Å². The molecule has 0 saturated carbocycles. The number of fused-ring (bicyclic) bond motifs is 1. The Bertz CT molecular complexity index is 983. The molecule has 1 aliphatic rings. The van der Waals surface area contributed by atoms with Gasteiger partial charge >= 0.3 is 0 Å². The molecule has 1 N–H and O–H groups in total. The van der Waals surface area contributed by atoms with Crippen molar-refractivity contribution in [3.63, 3.8) is 0 Å². The Morgan fingerprint density at radius 3 is 2.70 bits per heavy atom. The van der Waals surface area contributed by atoms with Gasteiger partial charge in [-0.2, -0.15) is 0 Å². The fourth-order valence-corrected chi connectivity index (χ4v) is 3.45. The maximum Gasteiger partial charge on any atom is 0.274 e. The van der Waals surface area contributed by atoms with Crippen LogP contribution in [0.3, 0.4) is 0 Å². The van der Waals surface area contributed by atoms with Crippen LogP contribution >= 0.6 is 0 Å². The lowest BCUT2D eigenvalue weighted by Gasteiger charge is -2.18. The van der Waals surface area contributed by atoms with E-state index in [2.05, 4.69) is 46.2 Å². The summed E-state index contributed by atoms with van der Waals surface area (Å²) in [5.74, 6) is 0.660. The Morgan fingerprint density at radius 2 is 1.85 bits per heavy atom. The molecule has 4 rings (SSSR count). The van der Waals surface area contributed by atoms with Gasteiger partial charge in [0.25, 0.3) is 5.91 Å². The topological polar surface area (TPSA) is 58.1 Å². The fourth-order valence-electron chi connectivity index (χ4n) is 3.45. The number of aromatic nitrogens is 2. The second-order valence-corrected chi connectivity index (χ2v) is 6.97. The molecule has 27 heavy (non-hydrogen) atoms. The van der Waals surface area contributed by atoms with Crippen LogP contribution in [0.15, 0.2) is 60.8 Å². The second kappa shape index (κ2) is 7.19. The number of anilines is 3. The Kier molecular flexibility index (Phi) is 4.59. The first-order valence-corrected chi connectivity index (χ1v) is 9.22. The Morgan fingerprint density at radius 1 is 1.07 bits per heavy atom. The molecule has 5 heteroatoms. The lowest BCUT2D eigenvalue weighted by atomic mass is 10.0. The zero-order valence-electron chi connectivity index (χ0n) is 15.5. The predicted molar refractivity (Wildman–Crippen MR) is 108 cm³/mol. The van der Waals surface area contributed by atoms with Gasteiger partial charge in [-0.1, -0.05) is 50.2 Å². The maximum absolute atomic E-state index is 12.8. The molecule has 0 atom stereocenters. The van der Waals surface area contributed by atoms with E-state index in [0.29, 0.717) is 17.6 Å². The first-order chi connectivity index (χ1) is 13.1. The van der Waals surface area contributed by atoms with E-state index in [4.69, 9.17) is 0 Å². The minimum Gasteiger partial charge on any atom is -0.320 e. The number of nitrogens with zero attached hydrogens (tertiary/aromatic N) is 3. The highest BCUT2D eigenvalue weighted by molar-refractivity contribution is 6.03. The molecule has 0 bridgehead atoms. The summed E-state index contributed by atoms with van der Waals surface area (Å²) in [5.41, 5.74) is 4.68. The third-order valence-corrected chi connectivity index (χ3v) is 4.84. The zero-order chi connectivity index (χ0) is 18.8. The van der Waals surface area contributed by atoms with E-state index in [1.54, 1.807) is 12.3 Å². The van der Waals surface area contributed by atoms with Crippen LogP contribution in [-0.4, -0.2) is 22.4 Å². The van der Waals surface area contributed by atoms with Gasteiger partial charge in [-0.05, 0) is 41.7 Å². The smallest absolute Gasteiger partial charge is 0.274 e. The van der Waals surface area contributed by atoms with Gasteiger partial charge in [-0.3, -0.25) is 4.79 Å². The van der Waals surface area contributed by atoms with Gasteiger partial charge in [-0.15, -0.1) is 0 Å². The predicted octanol–water partition coefficient (Wildman–Crippen LogP) is 4.55. The highest BCUT2D eigenvalue weighted by atomic mass is 16.1. The summed E-state index contributed by atoms with van der Waals surface area (Å²) >= 11 is 0. The first kappa shape index (κ1) is 17.2. The van der Waals surface area contributed by atoms with E-state index < -0.39 is 0 Å². The molecule has 5 nitrogen and oxygen atoms in total. The van der Waals surface area contributed by atoms with Crippen molar-refractivity contribution in [1.82, 2.24) is 9.97 Å². The number of benzene rings is 2. The minimum atomic E-state index is -0.223. The monoisotopic (exact) mass is 358 g/mol. The third kappa shape index (κ3) is 3.40. The number of rotatable bonds is 4. The molecule has 2 aromatic carbocycles. The van der Waals surface area contributed by atoms with E-state index >= 15 is 0 Å². The highest BCUT2D eigenvalue weighted by Gasteiger charge is 2.23. The van der Waals surface area contributed by atoms with Crippen molar-refractivity contribution in [1.29, 1.82) is 0 Å². The molecule has 0 fully saturated rings.